The van der Waals surface area contributed by atoms with Gasteiger partial charge < -0.3 is 0 Å². The number of carbonyl (C=O) groups excluding carboxylic acids is 1. The van der Waals surface area contributed by atoms with E-state index in [-0.39, 0.29) is 5.78 Å². The molecule has 2 heterocycles. The molecule has 0 aliphatic rings. The highest BCUT2D eigenvalue weighted by Gasteiger charge is 2.27. The van der Waals surface area contributed by atoms with Crippen LogP contribution in [-0.2, 0) is 0 Å². The molecule has 0 unspecified atom stereocenters. The highest BCUT2D eigenvalue weighted by atomic mass is 32.1. The summed E-state index contributed by atoms with van der Waals surface area (Å²) >= 11 is 2.65. The van der Waals surface area contributed by atoms with Gasteiger partial charge in [0.25, 0.3) is 0 Å². The van der Waals surface area contributed by atoms with Crippen LogP contribution in [-0.4, -0.2) is 15.8 Å². The number of rotatable bonds is 4. The number of aryl methyl sites for hydroxylation is 1. The quantitative estimate of drug-likeness (QED) is 0.808. The van der Waals surface area contributed by atoms with Crippen LogP contribution in [0.25, 0.3) is 0 Å². The molecule has 0 bridgehead atoms. The first-order valence-electron chi connectivity index (χ1n) is 5.83. The Hall–Kier alpha value is -1.58. The zero-order chi connectivity index (χ0) is 14.0. The van der Waals surface area contributed by atoms with Gasteiger partial charge in [-0.15, -0.1) is 22.7 Å². The maximum Gasteiger partial charge on any atom is 0.198 e. The standard InChI is InChI=1S/C13H13N3OS2/c1-7(2)10-5-18-13(16-10)9(4-14)11(17)12-8(3)15-6-19-12/h5-7,9H,1-3H3/t9-/m1/s1. The molecule has 2 rings (SSSR count). The van der Waals surface area contributed by atoms with E-state index >= 15 is 0 Å². The van der Waals surface area contributed by atoms with Crippen molar-refractivity contribution in [3.05, 3.63) is 32.2 Å². The first-order valence-corrected chi connectivity index (χ1v) is 7.59. The molecule has 0 fully saturated rings. The summed E-state index contributed by atoms with van der Waals surface area (Å²) in [5.74, 6) is -0.728. The lowest BCUT2D eigenvalue weighted by molar-refractivity contribution is 0.0982. The number of carbonyl (C=O) groups is 1. The lowest BCUT2D eigenvalue weighted by Gasteiger charge is -2.04. The summed E-state index contributed by atoms with van der Waals surface area (Å²) in [4.78, 5) is 21.4. The Kier molecular flexibility index (Phi) is 4.08. The average Bonchev–Trinajstić information content (AvgIpc) is 2.99. The van der Waals surface area contributed by atoms with Gasteiger partial charge in [0.2, 0.25) is 0 Å². The lowest BCUT2D eigenvalue weighted by Crippen LogP contribution is -2.11. The molecule has 2 aromatic rings. The van der Waals surface area contributed by atoms with Crippen LogP contribution in [0.4, 0.5) is 0 Å². The van der Waals surface area contributed by atoms with Crippen LogP contribution in [0.15, 0.2) is 10.9 Å². The van der Waals surface area contributed by atoms with Crippen molar-refractivity contribution in [3.8, 4) is 6.07 Å². The molecule has 19 heavy (non-hydrogen) atoms. The monoisotopic (exact) mass is 291 g/mol. The molecule has 6 heteroatoms. The number of aromatic nitrogens is 2. The van der Waals surface area contributed by atoms with E-state index in [0.717, 1.165) is 5.69 Å². The third-order valence-electron chi connectivity index (χ3n) is 2.74. The topological polar surface area (TPSA) is 66.6 Å². The van der Waals surface area contributed by atoms with Gasteiger partial charge in [-0.3, -0.25) is 4.79 Å². The Labute approximate surface area is 119 Å². The van der Waals surface area contributed by atoms with Crippen molar-refractivity contribution in [2.24, 2.45) is 0 Å². The molecule has 0 saturated heterocycles. The van der Waals surface area contributed by atoms with Gasteiger partial charge in [-0.25, -0.2) is 9.97 Å². The van der Waals surface area contributed by atoms with Crippen molar-refractivity contribution in [1.82, 2.24) is 9.97 Å². The van der Waals surface area contributed by atoms with Crippen LogP contribution >= 0.6 is 22.7 Å². The van der Waals surface area contributed by atoms with Crippen molar-refractivity contribution in [2.75, 3.05) is 0 Å². The van der Waals surface area contributed by atoms with Crippen molar-refractivity contribution >= 4 is 28.5 Å². The van der Waals surface area contributed by atoms with E-state index < -0.39 is 5.92 Å². The van der Waals surface area contributed by atoms with Gasteiger partial charge in [-0.05, 0) is 12.8 Å². The molecule has 0 radical (unpaired) electrons. The van der Waals surface area contributed by atoms with Crippen molar-refractivity contribution in [3.63, 3.8) is 0 Å². The van der Waals surface area contributed by atoms with Crippen molar-refractivity contribution in [1.29, 1.82) is 5.26 Å². The van der Waals surface area contributed by atoms with Gasteiger partial charge in [0.15, 0.2) is 11.7 Å². The molecule has 0 saturated carbocycles. The maximum absolute atomic E-state index is 12.4. The van der Waals surface area contributed by atoms with E-state index in [0.29, 0.717) is 21.5 Å². The molecule has 0 aliphatic carbocycles. The minimum absolute atomic E-state index is 0.202. The van der Waals surface area contributed by atoms with Gasteiger partial charge >= 0.3 is 0 Å². The van der Waals surface area contributed by atoms with Gasteiger partial charge in [-0.2, -0.15) is 5.26 Å². The Balaban J connectivity index is 2.32. The van der Waals surface area contributed by atoms with E-state index in [9.17, 15) is 10.1 Å². The molecular weight excluding hydrogens is 278 g/mol. The van der Waals surface area contributed by atoms with Gasteiger partial charge in [0, 0.05) is 5.38 Å². The fourth-order valence-electron chi connectivity index (χ4n) is 1.59. The zero-order valence-electron chi connectivity index (χ0n) is 10.9. The Morgan fingerprint density at radius 1 is 1.42 bits per heavy atom. The van der Waals surface area contributed by atoms with Gasteiger partial charge in [0.05, 0.1) is 27.8 Å². The molecule has 0 aliphatic heterocycles. The predicted molar refractivity (Wildman–Crippen MR) is 75.7 cm³/mol. The van der Waals surface area contributed by atoms with Gasteiger partial charge in [-0.1, -0.05) is 13.8 Å². The van der Waals surface area contributed by atoms with E-state index in [4.69, 9.17) is 0 Å². The number of Topliss-reactive ketones (excluding diaryl/α,β-unsaturated/α-hetero) is 1. The summed E-state index contributed by atoms with van der Waals surface area (Å²) in [6.45, 7) is 5.85. The number of nitrogens with zero attached hydrogens (tertiary/aromatic N) is 3. The minimum atomic E-state index is -0.823. The normalized spacial score (nSPS) is 12.4. The van der Waals surface area contributed by atoms with Crippen LogP contribution in [0.5, 0.6) is 0 Å². The average molecular weight is 291 g/mol. The Morgan fingerprint density at radius 2 is 2.16 bits per heavy atom. The Morgan fingerprint density at radius 3 is 2.63 bits per heavy atom. The van der Waals surface area contributed by atoms with E-state index in [2.05, 4.69) is 16.0 Å². The molecular formula is C13H13N3OS2. The van der Waals surface area contributed by atoms with Gasteiger partial charge in [0.1, 0.15) is 5.01 Å². The van der Waals surface area contributed by atoms with Crippen LogP contribution < -0.4 is 0 Å². The molecule has 98 valence electrons. The second kappa shape index (κ2) is 5.59. The number of hydrogen-bond donors (Lipinski definition) is 0. The smallest absolute Gasteiger partial charge is 0.198 e. The van der Waals surface area contributed by atoms with E-state index in [1.54, 1.807) is 12.4 Å². The van der Waals surface area contributed by atoms with E-state index in [1.165, 1.54) is 22.7 Å². The molecule has 4 nitrogen and oxygen atoms in total. The summed E-state index contributed by atoms with van der Waals surface area (Å²) < 4.78 is 0. The third kappa shape index (κ3) is 2.72. The largest absolute Gasteiger partial charge is 0.291 e. The summed E-state index contributed by atoms with van der Waals surface area (Å²) in [6.07, 6.45) is 0. The van der Waals surface area contributed by atoms with E-state index in [1.807, 2.05) is 19.2 Å². The fourth-order valence-corrected chi connectivity index (χ4v) is 3.39. The van der Waals surface area contributed by atoms with Crippen LogP contribution in [0.1, 0.15) is 51.8 Å². The number of thiazole rings is 2. The van der Waals surface area contributed by atoms with Crippen molar-refractivity contribution in [2.45, 2.75) is 32.6 Å². The first kappa shape index (κ1) is 13.8. The third-order valence-corrected chi connectivity index (χ3v) is 4.61. The number of hydrogen-bond acceptors (Lipinski definition) is 6. The molecule has 0 amide bonds. The maximum atomic E-state index is 12.4. The molecule has 1 atom stereocenters. The number of ketones is 1. The van der Waals surface area contributed by atoms with Crippen LogP contribution in [0.2, 0.25) is 0 Å². The second-order valence-electron chi connectivity index (χ2n) is 4.46. The minimum Gasteiger partial charge on any atom is -0.291 e. The first-order chi connectivity index (χ1) is 9.04. The summed E-state index contributed by atoms with van der Waals surface area (Å²) in [5.41, 5.74) is 3.23. The second-order valence-corrected chi connectivity index (χ2v) is 6.20. The molecule has 0 aromatic carbocycles. The zero-order valence-corrected chi connectivity index (χ0v) is 12.5. The van der Waals surface area contributed by atoms with Crippen LogP contribution in [0.3, 0.4) is 0 Å². The van der Waals surface area contributed by atoms with Crippen LogP contribution in [0, 0.1) is 18.3 Å². The summed E-state index contributed by atoms with van der Waals surface area (Å²) in [7, 11) is 0. The lowest BCUT2D eigenvalue weighted by atomic mass is 10.0. The predicted octanol–water partition coefficient (Wildman–Crippen LogP) is 3.52. The SMILES string of the molecule is Cc1ncsc1C(=O)[C@@H](C#N)c1nc(C(C)C)cs1. The highest BCUT2D eigenvalue weighted by molar-refractivity contribution is 7.12. The Bertz CT molecular complexity index is 636. The van der Waals surface area contributed by atoms with Crippen molar-refractivity contribution < 1.29 is 4.79 Å². The highest BCUT2D eigenvalue weighted by Crippen LogP contribution is 2.28. The number of nitriles is 1. The molecule has 0 N–H and O–H groups in total. The fraction of sp³-hybridized carbons (Fsp3) is 0.385. The molecule has 0 spiro atoms. The molecule has 2 aromatic heterocycles. The summed E-state index contributed by atoms with van der Waals surface area (Å²) in [5, 5.41) is 11.8. The summed E-state index contributed by atoms with van der Waals surface area (Å²) in [6, 6.07) is 2.06.